The van der Waals surface area contributed by atoms with Gasteiger partial charge in [-0.25, -0.2) is 9.97 Å². The zero-order chi connectivity index (χ0) is 17.1. The summed E-state index contributed by atoms with van der Waals surface area (Å²) < 4.78 is 0. The maximum Gasteiger partial charge on any atom is 0.227 e. The Hall–Kier alpha value is -2.50. The first-order chi connectivity index (χ1) is 11.5. The van der Waals surface area contributed by atoms with Crippen molar-refractivity contribution in [2.24, 2.45) is 5.92 Å². The van der Waals surface area contributed by atoms with Gasteiger partial charge in [0.05, 0.1) is 11.4 Å². The van der Waals surface area contributed by atoms with Crippen molar-refractivity contribution >= 4 is 17.5 Å². The van der Waals surface area contributed by atoms with Gasteiger partial charge < -0.3 is 10.2 Å². The van der Waals surface area contributed by atoms with E-state index in [-0.39, 0.29) is 11.8 Å². The lowest BCUT2D eigenvalue weighted by Gasteiger charge is -2.31. The van der Waals surface area contributed by atoms with Crippen molar-refractivity contribution in [3.63, 3.8) is 0 Å². The lowest BCUT2D eigenvalue weighted by Crippen LogP contribution is -2.39. The molecule has 1 amide bonds. The van der Waals surface area contributed by atoms with Crippen LogP contribution in [0.25, 0.3) is 0 Å². The number of pyridine rings is 1. The summed E-state index contributed by atoms with van der Waals surface area (Å²) in [5.41, 5.74) is 3.75. The molecule has 0 spiro atoms. The van der Waals surface area contributed by atoms with Crippen molar-refractivity contribution in [1.82, 2.24) is 15.0 Å². The van der Waals surface area contributed by atoms with Crippen molar-refractivity contribution in [2.45, 2.75) is 33.6 Å². The highest BCUT2D eigenvalue weighted by molar-refractivity contribution is 5.94. The van der Waals surface area contributed by atoms with Crippen LogP contribution < -0.4 is 10.2 Å². The van der Waals surface area contributed by atoms with Gasteiger partial charge in [0.25, 0.3) is 0 Å². The highest BCUT2D eigenvalue weighted by atomic mass is 16.1. The molecule has 1 N–H and O–H groups in total. The largest absolute Gasteiger partial charge is 0.341 e. The van der Waals surface area contributed by atoms with E-state index in [4.69, 9.17) is 0 Å². The van der Waals surface area contributed by atoms with Gasteiger partial charge in [0.2, 0.25) is 11.9 Å². The Bertz CT molecular complexity index is 700. The molecule has 3 heterocycles. The number of hydrogen-bond donors (Lipinski definition) is 1. The number of aromatic nitrogens is 3. The summed E-state index contributed by atoms with van der Waals surface area (Å²) in [5, 5.41) is 3.08. The number of piperidine rings is 1. The molecular formula is C18H23N5O. The molecule has 126 valence electrons. The summed E-state index contributed by atoms with van der Waals surface area (Å²) in [6, 6.07) is 3.81. The first kappa shape index (κ1) is 16.4. The summed E-state index contributed by atoms with van der Waals surface area (Å²) in [6.45, 7) is 7.50. The fraction of sp³-hybridized carbons (Fsp3) is 0.444. The lowest BCUT2D eigenvalue weighted by atomic mass is 9.95. The zero-order valence-corrected chi connectivity index (χ0v) is 14.4. The topological polar surface area (TPSA) is 71.0 Å². The van der Waals surface area contributed by atoms with Crippen LogP contribution in [0.15, 0.2) is 24.5 Å². The summed E-state index contributed by atoms with van der Waals surface area (Å²) >= 11 is 0. The Morgan fingerprint density at radius 2 is 1.83 bits per heavy atom. The summed E-state index contributed by atoms with van der Waals surface area (Å²) in [4.78, 5) is 27.7. The lowest BCUT2D eigenvalue weighted by molar-refractivity contribution is -0.120. The minimum atomic E-state index is 0.0186. The van der Waals surface area contributed by atoms with Gasteiger partial charge in [-0.15, -0.1) is 0 Å². The van der Waals surface area contributed by atoms with Crippen LogP contribution in [0.1, 0.15) is 29.8 Å². The number of nitrogens with one attached hydrogen (secondary N) is 1. The van der Waals surface area contributed by atoms with E-state index in [1.54, 1.807) is 12.4 Å². The molecule has 6 heteroatoms. The normalized spacial score (nSPS) is 15.4. The molecule has 0 saturated carbocycles. The van der Waals surface area contributed by atoms with Gasteiger partial charge in [-0.05, 0) is 51.3 Å². The van der Waals surface area contributed by atoms with E-state index in [1.807, 2.05) is 32.9 Å². The van der Waals surface area contributed by atoms with Crippen LogP contribution in [0.2, 0.25) is 0 Å². The second-order valence-electron chi connectivity index (χ2n) is 6.34. The second kappa shape index (κ2) is 6.95. The minimum Gasteiger partial charge on any atom is -0.341 e. The number of anilines is 2. The van der Waals surface area contributed by atoms with Gasteiger partial charge in [-0.3, -0.25) is 9.78 Å². The molecule has 6 nitrogen and oxygen atoms in total. The van der Waals surface area contributed by atoms with Gasteiger partial charge in [0.15, 0.2) is 0 Å². The summed E-state index contributed by atoms with van der Waals surface area (Å²) in [6.07, 6.45) is 5.11. The van der Waals surface area contributed by atoms with E-state index in [9.17, 15) is 4.79 Å². The standard InChI is InChI=1S/C18H23N5O/c1-12-11-13(2)21-14(3)16(12)22-17(24)15-5-9-23(10-6-15)18-19-7-4-8-20-18/h4,7-8,11,15H,5-6,9-10H2,1-3H3,(H,22,24). The predicted molar refractivity (Wildman–Crippen MR) is 94.0 cm³/mol. The maximum absolute atomic E-state index is 12.6. The van der Waals surface area contributed by atoms with Gasteiger partial charge in [0, 0.05) is 37.1 Å². The summed E-state index contributed by atoms with van der Waals surface area (Å²) in [7, 11) is 0. The van der Waals surface area contributed by atoms with Crippen LogP contribution in [-0.2, 0) is 4.79 Å². The first-order valence-corrected chi connectivity index (χ1v) is 8.32. The van der Waals surface area contributed by atoms with E-state index in [0.717, 1.165) is 54.5 Å². The van der Waals surface area contributed by atoms with E-state index in [1.165, 1.54) is 0 Å². The van der Waals surface area contributed by atoms with Crippen LogP contribution in [0, 0.1) is 26.7 Å². The molecule has 3 rings (SSSR count). The van der Waals surface area contributed by atoms with E-state index < -0.39 is 0 Å². The van der Waals surface area contributed by atoms with Crippen LogP contribution in [0.3, 0.4) is 0 Å². The number of amides is 1. The second-order valence-corrected chi connectivity index (χ2v) is 6.34. The van der Waals surface area contributed by atoms with E-state index in [0.29, 0.717) is 0 Å². The van der Waals surface area contributed by atoms with Crippen LogP contribution in [0.4, 0.5) is 11.6 Å². The van der Waals surface area contributed by atoms with Gasteiger partial charge in [-0.1, -0.05) is 0 Å². The predicted octanol–water partition coefficient (Wildman–Crippen LogP) is 2.65. The number of nitrogens with zero attached hydrogens (tertiary/aromatic N) is 4. The molecule has 1 aliphatic rings. The van der Waals surface area contributed by atoms with Gasteiger partial charge >= 0.3 is 0 Å². The van der Waals surface area contributed by atoms with Crippen molar-refractivity contribution < 1.29 is 4.79 Å². The third-order valence-corrected chi connectivity index (χ3v) is 4.47. The maximum atomic E-state index is 12.6. The minimum absolute atomic E-state index is 0.0186. The molecule has 1 aliphatic heterocycles. The third kappa shape index (κ3) is 3.53. The summed E-state index contributed by atoms with van der Waals surface area (Å²) in [5.74, 6) is 0.844. The number of carbonyl (C=O) groups excluding carboxylic acids is 1. The number of rotatable bonds is 3. The molecule has 0 unspecified atom stereocenters. The Labute approximate surface area is 142 Å². The number of aryl methyl sites for hydroxylation is 3. The average molecular weight is 325 g/mol. The molecule has 24 heavy (non-hydrogen) atoms. The molecule has 2 aromatic rings. The van der Waals surface area contributed by atoms with Crippen molar-refractivity contribution in [2.75, 3.05) is 23.3 Å². The average Bonchev–Trinajstić information content (AvgIpc) is 2.59. The fourth-order valence-corrected chi connectivity index (χ4v) is 3.23. The smallest absolute Gasteiger partial charge is 0.227 e. The van der Waals surface area contributed by atoms with Crippen molar-refractivity contribution in [3.05, 3.63) is 41.5 Å². The highest BCUT2D eigenvalue weighted by Crippen LogP contribution is 2.24. The number of hydrogen-bond acceptors (Lipinski definition) is 5. The first-order valence-electron chi connectivity index (χ1n) is 8.32. The third-order valence-electron chi connectivity index (χ3n) is 4.47. The molecule has 1 saturated heterocycles. The number of carbonyl (C=O) groups is 1. The highest BCUT2D eigenvalue weighted by Gasteiger charge is 2.26. The van der Waals surface area contributed by atoms with Gasteiger partial charge in [0.1, 0.15) is 0 Å². The molecule has 0 aromatic carbocycles. The molecule has 2 aromatic heterocycles. The van der Waals surface area contributed by atoms with Crippen LogP contribution >= 0.6 is 0 Å². The monoisotopic (exact) mass is 325 g/mol. The van der Waals surface area contributed by atoms with Gasteiger partial charge in [-0.2, -0.15) is 0 Å². The van der Waals surface area contributed by atoms with Crippen molar-refractivity contribution in [1.29, 1.82) is 0 Å². The zero-order valence-electron chi connectivity index (χ0n) is 14.4. The molecule has 0 atom stereocenters. The Morgan fingerprint density at radius 1 is 1.17 bits per heavy atom. The fourth-order valence-electron chi connectivity index (χ4n) is 3.23. The van der Waals surface area contributed by atoms with Crippen molar-refractivity contribution in [3.8, 4) is 0 Å². The molecule has 0 radical (unpaired) electrons. The van der Waals surface area contributed by atoms with E-state index in [2.05, 4.69) is 25.2 Å². The SMILES string of the molecule is Cc1cc(C)c(NC(=O)C2CCN(c3ncccn3)CC2)c(C)n1. The molecule has 0 aliphatic carbocycles. The quantitative estimate of drug-likeness (QED) is 0.939. The molecule has 0 bridgehead atoms. The molecular weight excluding hydrogens is 302 g/mol. The van der Waals surface area contributed by atoms with Crippen LogP contribution in [-0.4, -0.2) is 33.9 Å². The molecule has 1 fully saturated rings. The Kier molecular flexibility index (Phi) is 4.74. The Morgan fingerprint density at radius 3 is 2.46 bits per heavy atom. The Balaban J connectivity index is 1.62. The van der Waals surface area contributed by atoms with E-state index >= 15 is 0 Å². The van der Waals surface area contributed by atoms with Crippen LogP contribution in [0.5, 0.6) is 0 Å².